The molecule has 0 unspecified atom stereocenters. The van der Waals surface area contributed by atoms with E-state index in [4.69, 9.17) is 9.72 Å². The number of nitrogens with one attached hydrogen (secondary N) is 1. The molecule has 144 valence electrons. The summed E-state index contributed by atoms with van der Waals surface area (Å²) in [6.07, 6.45) is 1.82. The van der Waals surface area contributed by atoms with Crippen LogP contribution in [0.2, 0.25) is 0 Å². The lowest BCUT2D eigenvalue weighted by Crippen LogP contribution is -2.54. The van der Waals surface area contributed by atoms with Gasteiger partial charge in [-0.15, -0.1) is 0 Å². The highest BCUT2D eigenvalue weighted by atomic mass is 16.5. The highest BCUT2D eigenvalue weighted by Crippen LogP contribution is 2.25. The zero-order valence-corrected chi connectivity index (χ0v) is 15.7. The molecule has 4 N–H and O–H groups in total. The average molecular weight is 378 g/mol. The molecule has 1 aliphatic rings. The number of morpholine rings is 1. The molecule has 0 saturated carbocycles. The molecule has 0 aliphatic carbocycles. The Kier molecular flexibility index (Phi) is 5.45. The van der Waals surface area contributed by atoms with Crippen LogP contribution in [0.15, 0.2) is 48.7 Å². The van der Waals surface area contributed by atoms with Gasteiger partial charge in [0.2, 0.25) is 0 Å². The van der Waals surface area contributed by atoms with Crippen molar-refractivity contribution in [2.24, 2.45) is 0 Å². The molecule has 0 bridgehead atoms. The molecule has 2 heterocycles. The number of hydrogen-bond donors (Lipinski definition) is 2. The molecule has 7 heteroatoms. The average Bonchev–Trinajstić information content (AvgIpc) is 2.77. The molecule has 2 aromatic carbocycles. The molecule has 4 rings (SSSR count). The van der Waals surface area contributed by atoms with Crippen LogP contribution >= 0.6 is 0 Å². The quantitative estimate of drug-likeness (QED) is 0.693. The maximum atomic E-state index is 12.2. The molecule has 3 aromatic rings. The van der Waals surface area contributed by atoms with E-state index in [0.717, 1.165) is 41.1 Å². The van der Waals surface area contributed by atoms with Gasteiger partial charge in [0.25, 0.3) is 5.91 Å². The SMILES string of the molecule is [NH3+]CCNC(=O)c1cccc(-c2ccc3ncc(N4CCOCC4)nc3c2)c1. The third-order valence-corrected chi connectivity index (χ3v) is 4.79. The predicted molar refractivity (Wildman–Crippen MR) is 108 cm³/mol. The van der Waals surface area contributed by atoms with Crippen LogP contribution in [-0.4, -0.2) is 55.3 Å². The maximum Gasteiger partial charge on any atom is 0.251 e. The third kappa shape index (κ3) is 3.95. The first-order valence-corrected chi connectivity index (χ1v) is 9.52. The number of amides is 1. The van der Waals surface area contributed by atoms with E-state index in [0.29, 0.717) is 31.9 Å². The first kappa shape index (κ1) is 18.3. The number of fused-ring (bicyclic) bond motifs is 1. The van der Waals surface area contributed by atoms with Gasteiger partial charge in [0, 0.05) is 18.7 Å². The third-order valence-electron chi connectivity index (χ3n) is 4.79. The second kappa shape index (κ2) is 8.33. The summed E-state index contributed by atoms with van der Waals surface area (Å²) in [5.41, 5.74) is 8.06. The van der Waals surface area contributed by atoms with Crippen molar-refractivity contribution in [3.63, 3.8) is 0 Å². The summed E-state index contributed by atoms with van der Waals surface area (Å²) in [6, 6.07) is 13.6. The monoisotopic (exact) mass is 378 g/mol. The Hall–Kier alpha value is -3.03. The van der Waals surface area contributed by atoms with Gasteiger partial charge in [-0.25, -0.2) is 4.98 Å². The molecule has 1 fully saturated rings. The number of aromatic nitrogens is 2. The summed E-state index contributed by atoms with van der Waals surface area (Å²) in [7, 11) is 0. The second-order valence-electron chi connectivity index (χ2n) is 6.72. The summed E-state index contributed by atoms with van der Waals surface area (Å²) >= 11 is 0. The van der Waals surface area contributed by atoms with E-state index in [2.05, 4.69) is 20.9 Å². The van der Waals surface area contributed by atoms with Crippen LogP contribution in [0.4, 0.5) is 5.82 Å². The molecule has 0 atom stereocenters. The van der Waals surface area contributed by atoms with Crippen molar-refractivity contribution in [2.75, 3.05) is 44.3 Å². The molecule has 1 aliphatic heterocycles. The summed E-state index contributed by atoms with van der Waals surface area (Å²) in [4.78, 5) is 23.8. The number of carbonyl (C=O) groups is 1. The number of anilines is 1. The van der Waals surface area contributed by atoms with E-state index in [1.807, 2.05) is 48.7 Å². The predicted octanol–water partition coefficient (Wildman–Crippen LogP) is 1.11. The number of ether oxygens (including phenoxy) is 1. The molecular weight excluding hydrogens is 354 g/mol. The van der Waals surface area contributed by atoms with Crippen LogP contribution in [0.1, 0.15) is 10.4 Å². The van der Waals surface area contributed by atoms with Gasteiger partial charge in [-0.05, 0) is 35.4 Å². The summed E-state index contributed by atoms with van der Waals surface area (Å²) in [5, 5.41) is 2.86. The van der Waals surface area contributed by atoms with E-state index >= 15 is 0 Å². The minimum atomic E-state index is -0.0827. The minimum Gasteiger partial charge on any atom is -0.378 e. The highest BCUT2D eigenvalue weighted by Gasteiger charge is 2.14. The molecule has 0 spiro atoms. The van der Waals surface area contributed by atoms with Crippen molar-refractivity contribution in [1.29, 1.82) is 0 Å². The first-order chi connectivity index (χ1) is 13.7. The second-order valence-corrected chi connectivity index (χ2v) is 6.72. The lowest BCUT2D eigenvalue weighted by Gasteiger charge is -2.27. The molecule has 1 saturated heterocycles. The minimum absolute atomic E-state index is 0.0827. The number of rotatable bonds is 5. The number of carbonyl (C=O) groups excluding carboxylic acids is 1. The van der Waals surface area contributed by atoms with Crippen LogP contribution in [0.5, 0.6) is 0 Å². The van der Waals surface area contributed by atoms with Gasteiger partial charge in [0.05, 0.1) is 43.5 Å². The molecule has 7 nitrogen and oxygen atoms in total. The Morgan fingerprint density at radius 1 is 1.11 bits per heavy atom. The molecule has 0 radical (unpaired) electrons. The fourth-order valence-corrected chi connectivity index (χ4v) is 3.27. The van der Waals surface area contributed by atoms with Crippen molar-refractivity contribution >= 4 is 22.8 Å². The number of nitrogens with zero attached hydrogens (tertiary/aromatic N) is 3. The van der Waals surface area contributed by atoms with Gasteiger partial charge in [-0.3, -0.25) is 9.78 Å². The van der Waals surface area contributed by atoms with Crippen molar-refractivity contribution in [1.82, 2.24) is 15.3 Å². The Labute approximate surface area is 163 Å². The van der Waals surface area contributed by atoms with Crippen molar-refractivity contribution in [3.05, 3.63) is 54.2 Å². The number of hydrogen-bond acceptors (Lipinski definition) is 5. The topological polar surface area (TPSA) is 95.0 Å². The zero-order chi connectivity index (χ0) is 19.3. The normalized spacial score (nSPS) is 14.2. The van der Waals surface area contributed by atoms with Crippen molar-refractivity contribution < 1.29 is 15.3 Å². The van der Waals surface area contributed by atoms with E-state index < -0.39 is 0 Å². The lowest BCUT2D eigenvalue weighted by atomic mass is 10.0. The summed E-state index contributed by atoms with van der Waals surface area (Å²) in [5.74, 6) is 0.787. The van der Waals surface area contributed by atoms with Crippen LogP contribution in [0.3, 0.4) is 0 Å². The van der Waals surface area contributed by atoms with Gasteiger partial charge in [-0.1, -0.05) is 18.2 Å². The Morgan fingerprint density at radius 2 is 1.93 bits per heavy atom. The van der Waals surface area contributed by atoms with Crippen molar-refractivity contribution in [2.45, 2.75) is 0 Å². The molecule has 1 amide bonds. The van der Waals surface area contributed by atoms with E-state index in [1.165, 1.54) is 0 Å². The maximum absolute atomic E-state index is 12.2. The Bertz CT molecular complexity index is 985. The van der Waals surface area contributed by atoms with Gasteiger partial charge >= 0.3 is 0 Å². The van der Waals surface area contributed by atoms with Gasteiger partial charge in [0.15, 0.2) is 0 Å². The smallest absolute Gasteiger partial charge is 0.251 e. The fourth-order valence-electron chi connectivity index (χ4n) is 3.27. The van der Waals surface area contributed by atoms with E-state index in [1.54, 1.807) is 0 Å². The lowest BCUT2D eigenvalue weighted by molar-refractivity contribution is -0.364. The molecular formula is C21H24N5O2+. The van der Waals surface area contributed by atoms with Crippen LogP contribution in [0, 0.1) is 0 Å². The van der Waals surface area contributed by atoms with Gasteiger partial charge < -0.3 is 20.7 Å². The number of quaternary nitrogens is 1. The Balaban J connectivity index is 1.64. The number of benzene rings is 2. The van der Waals surface area contributed by atoms with Gasteiger partial charge in [0.1, 0.15) is 5.82 Å². The molecule has 1 aromatic heterocycles. The first-order valence-electron chi connectivity index (χ1n) is 9.52. The summed E-state index contributed by atoms with van der Waals surface area (Å²) in [6.45, 7) is 4.30. The highest BCUT2D eigenvalue weighted by molar-refractivity contribution is 5.95. The standard InChI is InChI=1S/C21H23N5O2/c22-6-7-23-21(27)17-3-1-2-15(12-17)16-4-5-18-19(13-16)25-20(14-24-18)26-8-10-28-11-9-26/h1-5,12-14H,6-11,22H2,(H,23,27)/p+1. The van der Waals surface area contributed by atoms with E-state index in [9.17, 15) is 4.79 Å². The van der Waals surface area contributed by atoms with Crippen LogP contribution in [0.25, 0.3) is 22.2 Å². The van der Waals surface area contributed by atoms with Gasteiger partial charge in [-0.2, -0.15) is 0 Å². The van der Waals surface area contributed by atoms with E-state index in [-0.39, 0.29) is 5.91 Å². The summed E-state index contributed by atoms with van der Waals surface area (Å²) < 4.78 is 5.41. The van der Waals surface area contributed by atoms with Crippen LogP contribution < -0.4 is 16.0 Å². The van der Waals surface area contributed by atoms with Crippen molar-refractivity contribution in [3.8, 4) is 11.1 Å². The largest absolute Gasteiger partial charge is 0.378 e. The molecule has 28 heavy (non-hydrogen) atoms. The Morgan fingerprint density at radius 3 is 2.75 bits per heavy atom. The zero-order valence-electron chi connectivity index (χ0n) is 15.7. The fraction of sp³-hybridized carbons (Fsp3) is 0.286. The van der Waals surface area contributed by atoms with Crippen LogP contribution in [-0.2, 0) is 4.74 Å².